The van der Waals surface area contributed by atoms with E-state index in [9.17, 15) is 13.6 Å². The maximum atomic E-state index is 13.2. The van der Waals surface area contributed by atoms with E-state index in [1.807, 2.05) is 36.4 Å². The smallest absolute Gasteiger partial charge is 0.303 e. The summed E-state index contributed by atoms with van der Waals surface area (Å²) in [7, 11) is 0. The maximum Gasteiger partial charge on any atom is 0.303 e. The van der Waals surface area contributed by atoms with Crippen molar-refractivity contribution in [2.24, 2.45) is 0 Å². The second-order valence-electron chi connectivity index (χ2n) is 5.80. The molecule has 2 N–H and O–H groups in total. The van der Waals surface area contributed by atoms with Gasteiger partial charge in [-0.05, 0) is 36.1 Å². The average Bonchev–Trinajstić information content (AvgIpc) is 2.60. The summed E-state index contributed by atoms with van der Waals surface area (Å²) in [4.78, 5) is 10.8. The number of carbonyl (C=O) groups is 1. The molecule has 3 nitrogen and oxygen atoms in total. The molecule has 25 heavy (non-hydrogen) atoms. The monoisotopic (exact) mass is 345 g/mol. The molecule has 0 saturated carbocycles. The predicted molar refractivity (Wildman–Crippen MR) is 94.2 cm³/mol. The lowest BCUT2D eigenvalue weighted by molar-refractivity contribution is -0.137. The van der Waals surface area contributed by atoms with Crippen molar-refractivity contribution >= 4 is 12.0 Å². The van der Waals surface area contributed by atoms with Crippen LogP contribution in [0, 0.1) is 11.6 Å². The molecule has 0 aliphatic rings. The van der Waals surface area contributed by atoms with Crippen LogP contribution in [-0.2, 0) is 11.2 Å². The van der Waals surface area contributed by atoms with Crippen LogP contribution in [0.4, 0.5) is 8.78 Å². The van der Waals surface area contributed by atoms with Gasteiger partial charge in [0, 0.05) is 19.0 Å². The molecule has 1 atom stereocenters. The Hall–Kier alpha value is -2.53. The molecule has 2 aromatic carbocycles. The highest BCUT2D eigenvalue weighted by Gasteiger charge is 2.10. The minimum atomic E-state index is -0.876. The lowest BCUT2D eigenvalue weighted by Crippen LogP contribution is -2.32. The molecule has 0 fully saturated rings. The number of hydrogen-bond acceptors (Lipinski definition) is 2. The van der Waals surface area contributed by atoms with E-state index in [1.54, 1.807) is 6.08 Å². The molecule has 2 rings (SSSR count). The van der Waals surface area contributed by atoms with E-state index in [4.69, 9.17) is 5.11 Å². The molecule has 0 aliphatic carbocycles. The fourth-order valence-electron chi connectivity index (χ4n) is 2.52. The molecule has 1 unspecified atom stereocenters. The predicted octanol–water partition coefficient (Wildman–Crippen LogP) is 4.04. The van der Waals surface area contributed by atoms with Crippen LogP contribution in [0.2, 0.25) is 0 Å². The van der Waals surface area contributed by atoms with Gasteiger partial charge in [0.05, 0.1) is 0 Å². The molecule has 132 valence electrons. The Labute approximate surface area is 146 Å². The van der Waals surface area contributed by atoms with Gasteiger partial charge in [0.1, 0.15) is 0 Å². The van der Waals surface area contributed by atoms with Crippen molar-refractivity contribution in [2.75, 3.05) is 6.54 Å². The number of carboxylic acids is 1. The first-order valence-corrected chi connectivity index (χ1v) is 8.15. The second kappa shape index (κ2) is 9.69. The van der Waals surface area contributed by atoms with Gasteiger partial charge in [-0.1, -0.05) is 48.6 Å². The van der Waals surface area contributed by atoms with E-state index < -0.39 is 17.6 Å². The van der Waals surface area contributed by atoms with Crippen molar-refractivity contribution in [1.29, 1.82) is 0 Å². The number of hydrogen-bond donors (Lipinski definition) is 2. The third-order valence-corrected chi connectivity index (χ3v) is 3.81. The summed E-state index contributed by atoms with van der Waals surface area (Å²) in [5, 5.41) is 12.2. The third-order valence-electron chi connectivity index (χ3n) is 3.81. The Morgan fingerprint density at radius 2 is 1.88 bits per heavy atom. The van der Waals surface area contributed by atoms with Crippen molar-refractivity contribution < 1.29 is 18.7 Å². The van der Waals surface area contributed by atoms with Crippen molar-refractivity contribution in [3.8, 4) is 0 Å². The molecule has 5 heteroatoms. The molecule has 0 bridgehead atoms. The Bertz CT molecular complexity index is 717. The topological polar surface area (TPSA) is 49.3 Å². The zero-order valence-corrected chi connectivity index (χ0v) is 13.8. The number of nitrogens with one attached hydrogen (secondary N) is 1. The molecule has 0 saturated heterocycles. The van der Waals surface area contributed by atoms with E-state index in [0.29, 0.717) is 18.5 Å². The first-order valence-electron chi connectivity index (χ1n) is 8.15. The van der Waals surface area contributed by atoms with E-state index in [0.717, 1.165) is 24.1 Å². The molecular weight excluding hydrogens is 324 g/mol. The Morgan fingerprint density at radius 1 is 1.12 bits per heavy atom. The van der Waals surface area contributed by atoms with Gasteiger partial charge in [0.2, 0.25) is 0 Å². The SMILES string of the molecule is O=C(O)CCC(Cc1ccccc1)NC/C=C/c1ccc(F)c(F)c1. The minimum absolute atomic E-state index is 0.0214. The van der Waals surface area contributed by atoms with Crippen molar-refractivity contribution in [2.45, 2.75) is 25.3 Å². The van der Waals surface area contributed by atoms with Gasteiger partial charge in [-0.15, -0.1) is 0 Å². The first kappa shape index (κ1) is 18.8. The van der Waals surface area contributed by atoms with E-state index in [1.165, 1.54) is 6.07 Å². The van der Waals surface area contributed by atoms with E-state index in [-0.39, 0.29) is 12.5 Å². The number of aliphatic carboxylic acids is 1. The Morgan fingerprint density at radius 3 is 2.56 bits per heavy atom. The highest BCUT2D eigenvalue weighted by atomic mass is 19.2. The number of halogens is 2. The summed E-state index contributed by atoms with van der Waals surface area (Å²) in [5.41, 5.74) is 1.71. The summed E-state index contributed by atoms with van der Waals surface area (Å²) >= 11 is 0. The molecule has 0 aromatic heterocycles. The fourth-order valence-corrected chi connectivity index (χ4v) is 2.52. The van der Waals surface area contributed by atoms with Gasteiger partial charge in [-0.2, -0.15) is 0 Å². The Balaban J connectivity index is 1.90. The highest BCUT2D eigenvalue weighted by Crippen LogP contribution is 2.10. The summed E-state index contributed by atoms with van der Waals surface area (Å²) in [6.45, 7) is 0.510. The van der Waals surface area contributed by atoms with E-state index >= 15 is 0 Å². The van der Waals surface area contributed by atoms with Crippen molar-refractivity contribution in [3.05, 3.63) is 77.4 Å². The van der Waals surface area contributed by atoms with Crippen LogP contribution in [0.15, 0.2) is 54.6 Å². The summed E-state index contributed by atoms with van der Waals surface area (Å²) in [6, 6.07) is 13.6. The summed E-state index contributed by atoms with van der Waals surface area (Å²) in [5.74, 6) is -2.57. The lowest BCUT2D eigenvalue weighted by Gasteiger charge is -2.17. The standard InChI is InChI=1S/C20H21F2NO2/c21-18-10-8-16(14-19(18)22)7-4-12-23-17(9-11-20(24)25)13-15-5-2-1-3-6-15/h1-8,10,14,17,23H,9,11-13H2,(H,24,25)/b7-4+. The van der Waals surface area contributed by atoms with Crippen LogP contribution in [0.25, 0.3) is 6.08 Å². The molecule has 2 aromatic rings. The fraction of sp³-hybridized carbons (Fsp3) is 0.250. The van der Waals surface area contributed by atoms with Crippen LogP contribution in [0.5, 0.6) is 0 Å². The van der Waals surface area contributed by atoms with Gasteiger partial charge >= 0.3 is 5.97 Å². The van der Waals surface area contributed by atoms with Crippen LogP contribution in [-0.4, -0.2) is 23.7 Å². The normalized spacial score (nSPS) is 12.4. The summed E-state index contributed by atoms with van der Waals surface area (Å²) in [6.07, 6.45) is 4.85. The molecule has 0 radical (unpaired) electrons. The largest absolute Gasteiger partial charge is 0.481 e. The molecule has 0 amide bonds. The lowest BCUT2D eigenvalue weighted by atomic mass is 10.0. The molecular formula is C20H21F2NO2. The Kier molecular flexibility index (Phi) is 7.29. The van der Waals surface area contributed by atoms with Crippen LogP contribution >= 0.6 is 0 Å². The van der Waals surface area contributed by atoms with Crippen LogP contribution in [0.1, 0.15) is 24.0 Å². The third kappa shape index (κ3) is 6.85. The van der Waals surface area contributed by atoms with Crippen molar-refractivity contribution in [3.63, 3.8) is 0 Å². The highest BCUT2D eigenvalue weighted by molar-refractivity contribution is 5.66. The van der Waals surface area contributed by atoms with Crippen molar-refractivity contribution in [1.82, 2.24) is 5.32 Å². The number of benzene rings is 2. The first-order chi connectivity index (χ1) is 12.0. The van der Waals surface area contributed by atoms with Gasteiger partial charge in [-0.3, -0.25) is 4.79 Å². The van der Waals surface area contributed by atoms with Gasteiger partial charge in [0.25, 0.3) is 0 Å². The molecule has 0 heterocycles. The van der Waals surface area contributed by atoms with Gasteiger partial charge in [0.15, 0.2) is 11.6 Å². The zero-order chi connectivity index (χ0) is 18.1. The molecule has 0 aliphatic heterocycles. The number of carboxylic acid groups (broad SMARTS) is 1. The second-order valence-corrected chi connectivity index (χ2v) is 5.80. The molecule has 0 spiro atoms. The minimum Gasteiger partial charge on any atom is -0.481 e. The zero-order valence-electron chi connectivity index (χ0n) is 13.8. The quantitative estimate of drug-likeness (QED) is 0.721. The van der Waals surface area contributed by atoms with Crippen LogP contribution < -0.4 is 5.32 Å². The van der Waals surface area contributed by atoms with Crippen LogP contribution in [0.3, 0.4) is 0 Å². The average molecular weight is 345 g/mol. The van der Waals surface area contributed by atoms with Gasteiger partial charge < -0.3 is 10.4 Å². The van der Waals surface area contributed by atoms with E-state index in [2.05, 4.69) is 5.32 Å². The maximum absolute atomic E-state index is 13.2. The summed E-state index contributed by atoms with van der Waals surface area (Å²) < 4.78 is 26.0. The number of rotatable bonds is 9. The van der Waals surface area contributed by atoms with Gasteiger partial charge in [-0.25, -0.2) is 8.78 Å².